The first kappa shape index (κ1) is 52.0. The number of nitrogens with zero attached hydrogens (tertiary/aromatic N) is 11. The average Bonchev–Trinajstić information content (AvgIpc) is 3.99. The van der Waals surface area contributed by atoms with Crippen LogP contribution in [0.3, 0.4) is 0 Å². The van der Waals surface area contributed by atoms with Crippen molar-refractivity contribution in [3.63, 3.8) is 0 Å². The number of carbonyl (C=O) groups is 2. The Balaban J connectivity index is 0.000000220. The molecule has 343 valence electrons. The first-order chi connectivity index (χ1) is 30.8. The summed E-state index contributed by atoms with van der Waals surface area (Å²) in [6.45, 7) is 5.21. The fourth-order valence-corrected chi connectivity index (χ4v) is 7.46. The Bertz CT molecular complexity index is 2900. The first-order valence-electron chi connectivity index (χ1n) is 18.5. The maximum atomic E-state index is 11.1. The molecule has 0 bridgehead atoms. The number of hydrogen-bond donors (Lipinski definition) is 2. The summed E-state index contributed by atoms with van der Waals surface area (Å²) in [5, 5.41) is 63.2. The molecule has 0 atom stereocenters. The van der Waals surface area contributed by atoms with Gasteiger partial charge in [0.2, 0.25) is 17.3 Å². The second-order valence-corrected chi connectivity index (χ2v) is 17.1. The van der Waals surface area contributed by atoms with Gasteiger partial charge in [-0.15, -0.1) is 0 Å². The molecule has 19 nitrogen and oxygen atoms in total. The van der Waals surface area contributed by atoms with Crippen molar-refractivity contribution in [1.29, 1.82) is 5.26 Å². The van der Waals surface area contributed by atoms with E-state index in [9.17, 15) is 40.0 Å². The van der Waals surface area contributed by atoms with Crippen LogP contribution in [0.2, 0.25) is 5.02 Å². The summed E-state index contributed by atoms with van der Waals surface area (Å²) in [5.74, 6) is -1.85. The number of hydrogen-bond acceptors (Lipinski definition) is 16. The van der Waals surface area contributed by atoms with Gasteiger partial charge in [-0.1, -0.05) is 69.6 Å². The van der Waals surface area contributed by atoms with Crippen LogP contribution in [-0.4, -0.2) is 74.0 Å². The minimum absolute atomic E-state index is 0. The molecule has 4 aromatic rings. The number of aromatic nitrogens is 2. The molecule has 0 amide bonds. The Morgan fingerprint density at radius 2 is 1.33 bits per heavy atom. The fourth-order valence-electron chi connectivity index (χ4n) is 5.86. The number of benzene rings is 2. The molecule has 3 heterocycles. The van der Waals surface area contributed by atoms with Gasteiger partial charge in [0, 0.05) is 92.9 Å². The molecule has 0 unspecified atom stereocenters. The maximum absolute atomic E-state index is 11.1. The number of rotatable bonds is 9. The van der Waals surface area contributed by atoms with Crippen molar-refractivity contribution in [3.8, 4) is 6.07 Å². The number of carbonyl (C=O) groups excluding carboxylic acids is 2. The predicted molar refractivity (Wildman–Crippen MR) is 248 cm³/mol. The summed E-state index contributed by atoms with van der Waals surface area (Å²) in [5.41, 5.74) is 5.83. The van der Waals surface area contributed by atoms with Crippen LogP contribution >= 0.6 is 57.5 Å². The van der Waals surface area contributed by atoms with E-state index in [1.54, 1.807) is 0 Å². The van der Waals surface area contributed by atoms with E-state index >= 15 is 0 Å². The zero-order valence-corrected chi connectivity index (χ0v) is 39.6. The van der Waals surface area contributed by atoms with Crippen LogP contribution < -0.4 is 24.5 Å². The minimum Gasteiger partial charge on any atom is -0.506 e. The third-order valence-electron chi connectivity index (χ3n) is 9.19. The SMILES string of the molecule is CN(CCC#N)c1ccc(/C=C/C2=[N+](C)c3ccc(Cl)cc3C2(C)C)cc1.O=C1C=C(O)C(=NN=c2[n-]cc([N+](=O)[O-])s2)C=C1Cl.O=C1C=C(O)C(=NN=c2[n-]cc([N+](=O)[O-])s2)C=C1Cl.[Co]. The molecular formula is C41H33Cl3CoN11O8S2-. The van der Waals surface area contributed by atoms with Gasteiger partial charge < -0.3 is 35.3 Å². The third kappa shape index (κ3) is 13.3. The molecule has 7 rings (SSSR count). The standard InChI is InChI=1S/C23H25ClN3.2C9H5ClN4O4S.Co/c1-23(2)20-16-18(24)9-12-21(20)27(4)22(23)13-8-17-6-10-19(11-7-17)26(3)15-5-14-25;2*10-4-1-5(7(16)2-6(4)15)12-13-9-11-3-8(19-9)14(17)18;/h6-13,16H,5,15H2,1-4H3;2*1-3H,(H2,11,13,15,16);/q+1;;;/p-2. The van der Waals surface area contributed by atoms with E-state index in [0.717, 1.165) is 82.2 Å². The van der Waals surface area contributed by atoms with Crippen LogP contribution in [0.5, 0.6) is 0 Å². The van der Waals surface area contributed by atoms with Gasteiger partial charge in [-0.05, 0) is 61.9 Å². The number of aliphatic hydroxyl groups excluding tert-OH is 2. The number of nitriles is 1. The number of ketones is 2. The molecule has 2 aromatic carbocycles. The molecule has 1 aliphatic heterocycles. The topological polar surface area (TPSA) is 269 Å². The molecule has 2 aromatic heterocycles. The molecule has 1 radical (unpaired) electrons. The predicted octanol–water partition coefficient (Wildman–Crippen LogP) is 7.44. The van der Waals surface area contributed by atoms with Crippen molar-refractivity contribution in [2.24, 2.45) is 20.4 Å². The monoisotopic (exact) mass is 1040 g/mol. The number of fused-ring (bicyclic) bond motifs is 1. The summed E-state index contributed by atoms with van der Waals surface area (Å²) in [4.78, 5) is 51.4. The third-order valence-corrected chi connectivity index (χ3v) is 11.7. The van der Waals surface area contributed by atoms with Crippen LogP contribution in [0.1, 0.15) is 31.4 Å². The summed E-state index contributed by atoms with van der Waals surface area (Å²) in [6, 6.07) is 16.7. The number of aliphatic hydroxyl groups is 2. The van der Waals surface area contributed by atoms with Crippen LogP contribution in [0.4, 0.5) is 21.4 Å². The number of anilines is 1. The van der Waals surface area contributed by atoms with Crippen LogP contribution in [0, 0.1) is 31.6 Å². The van der Waals surface area contributed by atoms with Gasteiger partial charge in [0.25, 0.3) is 0 Å². The first-order valence-corrected chi connectivity index (χ1v) is 21.3. The molecular weight excluding hydrogens is 1000 g/mol. The van der Waals surface area contributed by atoms with E-state index < -0.39 is 21.4 Å². The Kier molecular flexibility index (Phi) is 18.2. The molecule has 0 saturated heterocycles. The summed E-state index contributed by atoms with van der Waals surface area (Å²) in [7, 11) is 4.12. The van der Waals surface area contributed by atoms with Crippen molar-refractivity contribution < 1.29 is 51.0 Å². The van der Waals surface area contributed by atoms with Crippen molar-refractivity contribution in [2.75, 3.05) is 25.5 Å². The Morgan fingerprint density at radius 1 is 0.833 bits per heavy atom. The van der Waals surface area contributed by atoms with Gasteiger partial charge in [-0.2, -0.15) is 9.84 Å². The van der Waals surface area contributed by atoms with Gasteiger partial charge in [0.05, 0.1) is 37.8 Å². The number of allylic oxidation sites excluding steroid dienone is 7. The van der Waals surface area contributed by atoms with E-state index in [4.69, 9.17) is 40.1 Å². The molecule has 0 saturated carbocycles. The van der Waals surface area contributed by atoms with Gasteiger partial charge in [0.15, 0.2) is 5.71 Å². The van der Waals surface area contributed by atoms with E-state index in [1.165, 1.54) is 17.0 Å². The van der Waals surface area contributed by atoms with Gasteiger partial charge in [-0.3, -0.25) is 40.0 Å². The van der Waals surface area contributed by atoms with Gasteiger partial charge in [0.1, 0.15) is 30.0 Å². The van der Waals surface area contributed by atoms with E-state index in [-0.39, 0.29) is 74.8 Å². The number of halogens is 3. The molecule has 0 spiro atoms. The fraction of sp³-hybridized carbons (Fsp3) is 0.171. The zero-order valence-electron chi connectivity index (χ0n) is 34.6. The van der Waals surface area contributed by atoms with Crippen molar-refractivity contribution in [1.82, 2.24) is 9.97 Å². The molecule has 25 heteroatoms. The van der Waals surface area contributed by atoms with Gasteiger partial charge in [-0.25, -0.2) is 0 Å². The number of nitro groups is 2. The van der Waals surface area contributed by atoms with Crippen molar-refractivity contribution >= 4 is 114 Å². The summed E-state index contributed by atoms with van der Waals surface area (Å²) < 4.78 is 2.24. The molecule has 66 heavy (non-hydrogen) atoms. The Hall–Kier alpha value is -6.58. The molecule has 2 N–H and O–H groups in total. The van der Waals surface area contributed by atoms with E-state index in [2.05, 4.69) is 115 Å². The smallest absolute Gasteiger partial charge is 0.319 e. The normalized spacial score (nSPS) is 16.8. The molecule has 0 fully saturated rings. The van der Waals surface area contributed by atoms with Crippen LogP contribution in [0.25, 0.3) is 6.08 Å². The van der Waals surface area contributed by atoms with Crippen LogP contribution in [0.15, 0.2) is 127 Å². The number of thiazole rings is 2. The molecule has 2 aliphatic carbocycles. The quantitative estimate of drug-likeness (QED) is 0.0717. The van der Waals surface area contributed by atoms with E-state index in [0.29, 0.717) is 6.42 Å². The average molecular weight is 1040 g/mol. The minimum atomic E-state index is -0.600. The second kappa shape index (κ2) is 23.0. The maximum Gasteiger partial charge on any atom is 0.319 e. The van der Waals surface area contributed by atoms with Crippen molar-refractivity contribution in [2.45, 2.75) is 25.7 Å². The summed E-state index contributed by atoms with van der Waals surface area (Å²) in [6.07, 6.45) is 11.1. The largest absolute Gasteiger partial charge is 0.506 e. The second-order valence-electron chi connectivity index (χ2n) is 13.9. The Labute approximate surface area is 407 Å². The molecule has 3 aliphatic rings. The van der Waals surface area contributed by atoms with Crippen molar-refractivity contribution in [3.05, 3.63) is 153 Å². The van der Waals surface area contributed by atoms with Gasteiger partial charge >= 0.3 is 10.0 Å². The summed E-state index contributed by atoms with van der Waals surface area (Å²) >= 11 is 18.8. The van der Waals surface area contributed by atoms with E-state index in [1.807, 2.05) is 13.1 Å². The zero-order chi connectivity index (χ0) is 47.6. The van der Waals surface area contributed by atoms with Crippen LogP contribution in [-0.2, 0) is 31.8 Å². The Morgan fingerprint density at radius 3 is 1.79 bits per heavy atom.